The molecule has 1 N–H and O–H groups in total. The molecule has 0 unspecified atom stereocenters. The van der Waals surface area contributed by atoms with Gasteiger partial charge in [0.1, 0.15) is 5.15 Å². The third-order valence-corrected chi connectivity index (χ3v) is 2.65. The van der Waals surface area contributed by atoms with Gasteiger partial charge in [0.15, 0.2) is 6.29 Å². The average Bonchev–Trinajstić information content (AvgIpc) is 2.71. The van der Waals surface area contributed by atoms with Crippen LogP contribution in [-0.2, 0) is 4.74 Å². The second kappa shape index (κ2) is 4.59. The van der Waals surface area contributed by atoms with E-state index in [9.17, 15) is 4.79 Å². The van der Waals surface area contributed by atoms with E-state index in [0.717, 1.165) is 18.7 Å². The van der Waals surface area contributed by atoms with Crippen molar-refractivity contribution in [1.29, 1.82) is 0 Å². The Kier molecular flexibility index (Phi) is 3.18. The van der Waals surface area contributed by atoms with Gasteiger partial charge in [-0.25, -0.2) is 4.98 Å². The number of rotatable bonds is 3. The van der Waals surface area contributed by atoms with E-state index < -0.39 is 0 Å². The number of pyridine rings is 1. The standard InChI is InChI=1S/C10H11ClN2O2/c11-10-8(5-14)9(1-3-12-10)13-7-2-4-15-6-7/h1,3,5,7H,2,4,6H2,(H,12,13)/t7-/m0/s1. The number of ether oxygens (including phenoxy) is 1. The lowest BCUT2D eigenvalue weighted by molar-refractivity contribution is 0.112. The van der Waals surface area contributed by atoms with Gasteiger partial charge in [-0.05, 0) is 12.5 Å². The van der Waals surface area contributed by atoms with E-state index >= 15 is 0 Å². The van der Waals surface area contributed by atoms with Crippen molar-refractivity contribution in [3.63, 3.8) is 0 Å². The molecule has 2 heterocycles. The molecule has 15 heavy (non-hydrogen) atoms. The number of carbonyl (C=O) groups is 1. The molecule has 0 bridgehead atoms. The zero-order valence-electron chi connectivity index (χ0n) is 8.07. The number of nitrogens with zero attached hydrogens (tertiary/aromatic N) is 1. The van der Waals surface area contributed by atoms with Crippen LogP contribution < -0.4 is 5.32 Å². The van der Waals surface area contributed by atoms with Crippen LogP contribution in [0.4, 0.5) is 5.69 Å². The molecule has 1 aliphatic heterocycles. The van der Waals surface area contributed by atoms with Crippen LogP contribution in [0.25, 0.3) is 0 Å². The van der Waals surface area contributed by atoms with Crippen molar-refractivity contribution in [3.8, 4) is 0 Å². The topological polar surface area (TPSA) is 51.2 Å². The first-order valence-corrected chi connectivity index (χ1v) is 5.13. The smallest absolute Gasteiger partial charge is 0.155 e. The number of carbonyl (C=O) groups excluding carboxylic acids is 1. The van der Waals surface area contributed by atoms with E-state index in [-0.39, 0.29) is 11.2 Å². The first-order valence-electron chi connectivity index (χ1n) is 4.75. The Morgan fingerprint density at radius 3 is 3.20 bits per heavy atom. The van der Waals surface area contributed by atoms with E-state index in [1.165, 1.54) is 0 Å². The fraction of sp³-hybridized carbons (Fsp3) is 0.400. The molecule has 0 amide bonds. The maximum Gasteiger partial charge on any atom is 0.155 e. The Morgan fingerprint density at radius 1 is 1.67 bits per heavy atom. The van der Waals surface area contributed by atoms with Gasteiger partial charge in [-0.15, -0.1) is 0 Å². The average molecular weight is 227 g/mol. The summed E-state index contributed by atoms with van der Waals surface area (Å²) in [5, 5.41) is 3.45. The molecule has 0 saturated carbocycles. The fourth-order valence-electron chi connectivity index (χ4n) is 1.55. The Labute approximate surface area is 92.6 Å². The van der Waals surface area contributed by atoms with Crippen molar-refractivity contribution in [2.24, 2.45) is 0 Å². The van der Waals surface area contributed by atoms with Crippen LogP contribution in [-0.4, -0.2) is 30.5 Å². The second-order valence-corrected chi connectivity index (χ2v) is 3.74. The summed E-state index contributed by atoms with van der Waals surface area (Å²) in [5.41, 5.74) is 1.13. The molecule has 1 aromatic heterocycles. The summed E-state index contributed by atoms with van der Waals surface area (Å²) < 4.78 is 5.23. The van der Waals surface area contributed by atoms with Crippen molar-refractivity contribution in [1.82, 2.24) is 4.98 Å². The largest absolute Gasteiger partial charge is 0.379 e. The lowest BCUT2D eigenvalue weighted by Crippen LogP contribution is -2.20. The monoisotopic (exact) mass is 226 g/mol. The summed E-state index contributed by atoms with van der Waals surface area (Å²) in [5.74, 6) is 0. The molecule has 0 aliphatic carbocycles. The summed E-state index contributed by atoms with van der Waals surface area (Å²) in [4.78, 5) is 14.7. The number of aromatic nitrogens is 1. The summed E-state index contributed by atoms with van der Waals surface area (Å²) in [6.45, 7) is 1.42. The number of anilines is 1. The highest BCUT2D eigenvalue weighted by Gasteiger charge is 2.17. The van der Waals surface area contributed by atoms with Crippen LogP contribution in [0, 0.1) is 0 Å². The lowest BCUT2D eigenvalue weighted by atomic mass is 10.2. The van der Waals surface area contributed by atoms with Gasteiger partial charge in [0.2, 0.25) is 0 Å². The van der Waals surface area contributed by atoms with Gasteiger partial charge in [-0.3, -0.25) is 4.79 Å². The van der Waals surface area contributed by atoms with E-state index in [0.29, 0.717) is 18.5 Å². The van der Waals surface area contributed by atoms with E-state index in [2.05, 4.69) is 10.3 Å². The molecular weight excluding hydrogens is 216 g/mol. The van der Waals surface area contributed by atoms with Crippen molar-refractivity contribution < 1.29 is 9.53 Å². The van der Waals surface area contributed by atoms with Crippen LogP contribution in [0.15, 0.2) is 12.3 Å². The zero-order chi connectivity index (χ0) is 10.7. The van der Waals surface area contributed by atoms with Crippen LogP contribution in [0.2, 0.25) is 5.15 Å². The lowest BCUT2D eigenvalue weighted by Gasteiger charge is -2.13. The molecule has 1 aromatic rings. The van der Waals surface area contributed by atoms with Gasteiger partial charge in [0.05, 0.1) is 18.2 Å². The highest BCUT2D eigenvalue weighted by molar-refractivity contribution is 6.32. The van der Waals surface area contributed by atoms with Gasteiger partial charge in [-0.1, -0.05) is 11.6 Å². The minimum Gasteiger partial charge on any atom is -0.379 e. The number of hydrogen-bond acceptors (Lipinski definition) is 4. The Bertz CT molecular complexity index is 364. The molecule has 0 spiro atoms. The molecule has 4 nitrogen and oxygen atoms in total. The number of aldehydes is 1. The maximum atomic E-state index is 10.8. The minimum absolute atomic E-state index is 0.230. The Morgan fingerprint density at radius 2 is 2.53 bits per heavy atom. The molecule has 1 atom stereocenters. The van der Waals surface area contributed by atoms with Crippen LogP contribution in [0.5, 0.6) is 0 Å². The number of nitrogens with one attached hydrogen (secondary N) is 1. The number of hydrogen-bond donors (Lipinski definition) is 1. The van der Waals surface area contributed by atoms with Crippen molar-refractivity contribution >= 4 is 23.6 Å². The van der Waals surface area contributed by atoms with E-state index in [1.807, 2.05) is 0 Å². The second-order valence-electron chi connectivity index (χ2n) is 3.39. The molecule has 1 aliphatic rings. The molecule has 0 radical (unpaired) electrons. The molecule has 2 rings (SSSR count). The molecular formula is C10H11ClN2O2. The van der Waals surface area contributed by atoms with Crippen molar-refractivity contribution in [2.75, 3.05) is 18.5 Å². The third-order valence-electron chi connectivity index (χ3n) is 2.35. The first-order chi connectivity index (χ1) is 7.31. The molecule has 80 valence electrons. The summed E-state index contributed by atoms with van der Waals surface area (Å²) in [7, 11) is 0. The third kappa shape index (κ3) is 2.27. The van der Waals surface area contributed by atoms with Crippen LogP contribution in [0.1, 0.15) is 16.8 Å². The molecule has 1 saturated heterocycles. The van der Waals surface area contributed by atoms with Gasteiger partial charge in [0, 0.05) is 18.5 Å². The van der Waals surface area contributed by atoms with Crippen molar-refractivity contribution in [2.45, 2.75) is 12.5 Å². The SMILES string of the molecule is O=Cc1c(N[C@H]2CCOC2)ccnc1Cl. The highest BCUT2D eigenvalue weighted by Crippen LogP contribution is 2.22. The molecule has 5 heteroatoms. The quantitative estimate of drug-likeness (QED) is 0.630. The molecule has 0 aromatic carbocycles. The minimum atomic E-state index is 0.230. The normalized spacial score (nSPS) is 20.2. The number of halogens is 1. The Balaban J connectivity index is 2.19. The predicted octanol–water partition coefficient (Wildman–Crippen LogP) is 1.75. The zero-order valence-corrected chi connectivity index (χ0v) is 8.83. The van der Waals surface area contributed by atoms with Gasteiger partial charge in [0.25, 0.3) is 0 Å². The Hall–Kier alpha value is -1.13. The van der Waals surface area contributed by atoms with Crippen molar-refractivity contribution in [3.05, 3.63) is 23.0 Å². The fourth-order valence-corrected chi connectivity index (χ4v) is 1.76. The summed E-state index contributed by atoms with van der Waals surface area (Å²) in [6, 6.07) is 2.00. The van der Waals surface area contributed by atoms with Crippen LogP contribution in [0.3, 0.4) is 0 Å². The molecule has 1 fully saturated rings. The van der Waals surface area contributed by atoms with E-state index in [1.54, 1.807) is 12.3 Å². The van der Waals surface area contributed by atoms with Gasteiger partial charge < -0.3 is 10.1 Å². The predicted molar refractivity (Wildman–Crippen MR) is 57.5 cm³/mol. The van der Waals surface area contributed by atoms with Gasteiger partial charge in [-0.2, -0.15) is 0 Å². The van der Waals surface area contributed by atoms with E-state index in [4.69, 9.17) is 16.3 Å². The highest BCUT2D eigenvalue weighted by atomic mass is 35.5. The first kappa shape index (κ1) is 10.4. The summed E-state index contributed by atoms with van der Waals surface area (Å²) in [6.07, 6.45) is 3.24. The van der Waals surface area contributed by atoms with Gasteiger partial charge >= 0.3 is 0 Å². The maximum absolute atomic E-state index is 10.8. The van der Waals surface area contributed by atoms with Crippen LogP contribution >= 0.6 is 11.6 Å². The summed E-state index contributed by atoms with van der Waals surface area (Å²) >= 11 is 5.80.